The molecule has 38 heavy (non-hydrogen) atoms. The average molecular weight is 505 g/mol. The first-order valence-electron chi connectivity index (χ1n) is 12.3. The number of benzene rings is 3. The van der Waals surface area contributed by atoms with E-state index in [1.807, 2.05) is 54.6 Å². The molecular weight excluding hydrogens is 476 g/mol. The largest absolute Gasteiger partial charge is 0.497 e. The highest BCUT2D eigenvalue weighted by Crippen LogP contribution is 2.31. The van der Waals surface area contributed by atoms with Gasteiger partial charge in [-0.25, -0.2) is 9.78 Å². The van der Waals surface area contributed by atoms with Crippen LogP contribution < -0.4 is 9.47 Å². The first-order chi connectivity index (χ1) is 18.4. The van der Waals surface area contributed by atoms with Crippen molar-refractivity contribution in [2.24, 2.45) is 0 Å². The Hall–Kier alpha value is -4.84. The van der Waals surface area contributed by atoms with Crippen molar-refractivity contribution in [1.82, 2.24) is 9.55 Å². The summed E-state index contributed by atoms with van der Waals surface area (Å²) in [7, 11) is 1.67. The maximum Gasteiger partial charge on any atom is 0.337 e. The molecule has 6 heteroatoms. The molecule has 0 amide bonds. The lowest BCUT2D eigenvalue weighted by Gasteiger charge is -2.14. The summed E-state index contributed by atoms with van der Waals surface area (Å²) in [5, 5.41) is 9.41. The summed E-state index contributed by atoms with van der Waals surface area (Å²) in [6.45, 7) is 4.29. The number of rotatable bonds is 8. The predicted octanol–water partition coefficient (Wildman–Crippen LogP) is 7.11. The number of carboxylic acids is 1. The molecule has 0 radical (unpaired) electrons. The molecule has 0 saturated carbocycles. The van der Waals surface area contributed by atoms with Gasteiger partial charge >= 0.3 is 5.97 Å². The Bertz CT molecular complexity index is 1600. The summed E-state index contributed by atoms with van der Waals surface area (Å²) in [5.41, 5.74) is 7.01. The normalized spacial score (nSPS) is 10.8. The first-order valence-corrected chi connectivity index (χ1v) is 12.3. The summed E-state index contributed by atoms with van der Waals surface area (Å²) < 4.78 is 13.3. The molecule has 0 aliphatic heterocycles. The van der Waals surface area contributed by atoms with Crippen LogP contribution >= 0.6 is 0 Å². The monoisotopic (exact) mass is 504 g/mol. The van der Waals surface area contributed by atoms with Gasteiger partial charge in [-0.05, 0) is 78.6 Å². The van der Waals surface area contributed by atoms with Gasteiger partial charge in [0.15, 0.2) is 0 Å². The molecule has 5 rings (SSSR count). The van der Waals surface area contributed by atoms with E-state index in [9.17, 15) is 9.90 Å². The predicted molar refractivity (Wildman–Crippen MR) is 148 cm³/mol. The van der Waals surface area contributed by atoms with Gasteiger partial charge in [0, 0.05) is 17.5 Å². The van der Waals surface area contributed by atoms with Crippen molar-refractivity contribution in [3.05, 3.63) is 120 Å². The van der Waals surface area contributed by atoms with Crippen molar-refractivity contribution in [2.45, 2.75) is 20.5 Å². The SMILES string of the molecule is COc1ccc(-c2ccc(COc3ccccc3-c3cccc(-n4ccc(C(=O)O)c4C)n3)c(C)c2)cc1. The van der Waals surface area contributed by atoms with Crippen molar-refractivity contribution in [3.8, 4) is 39.7 Å². The third-order valence-corrected chi connectivity index (χ3v) is 6.67. The van der Waals surface area contributed by atoms with Gasteiger partial charge in [-0.2, -0.15) is 0 Å². The van der Waals surface area contributed by atoms with Crippen LogP contribution in [-0.2, 0) is 6.61 Å². The van der Waals surface area contributed by atoms with Gasteiger partial charge in [-0.1, -0.05) is 48.5 Å². The van der Waals surface area contributed by atoms with Crippen LogP contribution in [0.25, 0.3) is 28.2 Å². The molecule has 5 aromatic rings. The highest BCUT2D eigenvalue weighted by Gasteiger charge is 2.15. The van der Waals surface area contributed by atoms with Crippen molar-refractivity contribution in [1.29, 1.82) is 0 Å². The van der Waals surface area contributed by atoms with Crippen molar-refractivity contribution < 1.29 is 19.4 Å². The number of aryl methyl sites for hydroxylation is 1. The summed E-state index contributed by atoms with van der Waals surface area (Å²) >= 11 is 0. The molecule has 190 valence electrons. The first kappa shape index (κ1) is 24.8. The molecule has 2 heterocycles. The third kappa shape index (κ3) is 5.02. The smallest absolute Gasteiger partial charge is 0.337 e. The lowest BCUT2D eigenvalue weighted by Crippen LogP contribution is -2.03. The average Bonchev–Trinajstić information content (AvgIpc) is 3.34. The minimum atomic E-state index is -0.955. The third-order valence-electron chi connectivity index (χ3n) is 6.67. The zero-order chi connectivity index (χ0) is 26.6. The van der Waals surface area contributed by atoms with E-state index >= 15 is 0 Å². The quantitative estimate of drug-likeness (QED) is 0.244. The number of para-hydroxylation sites is 1. The number of hydrogen-bond donors (Lipinski definition) is 1. The second-order valence-electron chi connectivity index (χ2n) is 9.03. The molecule has 0 unspecified atom stereocenters. The molecule has 2 aromatic heterocycles. The molecular formula is C32H28N2O4. The van der Waals surface area contributed by atoms with E-state index < -0.39 is 5.97 Å². The Labute approximate surface area is 221 Å². The zero-order valence-electron chi connectivity index (χ0n) is 21.5. The number of carboxylic acid groups (broad SMARTS) is 1. The highest BCUT2D eigenvalue weighted by atomic mass is 16.5. The minimum Gasteiger partial charge on any atom is -0.497 e. The fourth-order valence-corrected chi connectivity index (χ4v) is 4.47. The summed E-state index contributed by atoms with van der Waals surface area (Å²) in [4.78, 5) is 16.3. The number of carbonyl (C=O) groups is 1. The van der Waals surface area contributed by atoms with E-state index in [1.54, 1.807) is 30.9 Å². The van der Waals surface area contributed by atoms with E-state index in [4.69, 9.17) is 14.5 Å². The van der Waals surface area contributed by atoms with Crippen LogP contribution in [0.5, 0.6) is 11.5 Å². The number of pyridine rings is 1. The van der Waals surface area contributed by atoms with E-state index in [0.29, 0.717) is 18.1 Å². The Morgan fingerprint density at radius 3 is 2.37 bits per heavy atom. The Kier molecular flexibility index (Phi) is 6.96. The Morgan fingerprint density at radius 1 is 0.895 bits per heavy atom. The minimum absolute atomic E-state index is 0.259. The lowest BCUT2D eigenvalue weighted by molar-refractivity contribution is 0.0696. The molecule has 0 aliphatic carbocycles. The molecule has 0 bridgehead atoms. The fourth-order valence-electron chi connectivity index (χ4n) is 4.47. The van der Waals surface area contributed by atoms with Crippen LogP contribution in [0, 0.1) is 13.8 Å². The molecule has 0 aliphatic rings. The van der Waals surface area contributed by atoms with Gasteiger partial charge in [0.2, 0.25) is 0 Å². The van der Waals surface area contributed by atoms with Gasteiger partial charge in [0.1, 0.15) is 23.9 Å². The van der Waals surface area contributed by atoms with Gasteiger partial charge in [0.05, 0.1) is 18.4 Å². The fraction of sp³-hybridized carbons (Fsp3) is 0.125. The summed E-state index contributed by atoms with van der Waals surface area (Å²) in [6, 6.07) is 29.5. The van der Waals surface area contributed by atoms with Crippen LogP contribution in [0.3, 0.4) is 0 Å². The highest BCUT2D eigenvalue weighted by molar-refractivity contribution is 5.89. The Morgan fingerprint density at radius 2 is 1.66 bits per heavy atom. The Balaban J connectivity index is 1.37. The van der Waals surface area contributed by atoms with Crippen LogP contribution in [0.2, 0.25) is 0 Å². The van der Waals surface area contributed by atoms with E-state index in [2.05, 4.69) is 37.3 Å². The molecule has 6 nitrogen and oxygen atoms in total. The van der Waals surface area contributed by atoms with Crippen LogP contribution in [0.1, 0.15) is 27.2 Å². The molecule has 0 fully saturated rings. The van der Waals surface area contributed by atoms with E-state index in [0.717, 1.165) is 45.0 Å². The second kappa shape index (κ2) is 10.6. The molecule has 0 saturated heterocycles. The number of hydrogen-bond acceptors (Lipinski definition) is 4. The van der Waals surface area contributed by atoms with Crippen molar-refractivity contribution >= 4 is 5.97 Å². The van der Waals surface area contributed by atoms with Gasteiger partial charge in [-0.15, -0.1) is 0 Å². The zero-order valence-corrected chi connectivity index (χ0v) is 21.5. The van der Waals surface area contributed by atoms with Gasteiger partial charge < -0.3 is 19.1 Å². The maximum absolute atomic E-state index is 11.5. The lowest BCUT2D eigenvalue weighted by atomic mass is 10.00. The standard InChI is InChI=1S/C32H28N2O4/c1-21-19-24(23-13-15-26(37-3)16-14-23)11-12-25(21)20-38-30-9-5-4-7-28(30)29-8-6-10-31(33-29)34-18-17-27(22(34)2)32(35)36/h4-19H,20H2,1-3H3,(H,35,36). The summed E-state index contributed by atoms with van der Waals surface area (Å²) in [6.07, 6.45) is 1.73. The topological polar surface area (TPSA) is 73.6 Å². The van der Waals surface area contributed by atoms with E-state index in [-0.39, 0.29) is 5.56 Å². The molecule has 1 N–H and O–H groups in total. The van der Waals surface area contributed by atoms with Crippen LogP contribution in [-0.4, -0.2) is 27.7 Å². The summed E-state index contributed by atoms with van der Waals surface area (Å²) in [5.74, 6) is 1.25. The maximum atomic E-state index is 11.5. The molecule has 0 spiro atoms. The number of methoxy groups -OCH3 is 1. The van der Waals surface area contributed by atoms with Crippen LogP contribution in [0.4, 0.5) is 0 Å². The number of aromatic carboxylic acids is 1. The molecule has 0 atom stereocenters. The van der Waals surface area contributed by atoms with E-state index in [1.165, 1.54) is 0 Å². The van der Waals surface area contributed by atoms with Gasteiger partial charge in [0.25, 0.3) is 0 Å². The molecule has 3 aromatic carbocycles. The van der Waals surface area contributed by atoms with Crippen molar-refractivity contribution in [3.63, 3.8) is 0 Å². The van der Waals surface area contributed by atoms with Gasteiger partial charge in [-0.3, -0.25) is 0 Å². The van der Waals surface area contributed by atoms with Crippen LogP contribution in [0.15, 0.2) is 97.2 Å². The number of ether oxygens (including phenoxy) is 2. The number of nitrogens with zero attached hydrogens (tertiary/aromatic N) is 2. The second-order valence-corrected chi connectivity index (χ2v) is 9.03. The van der Waals surface area contributed by atoms with Crippen molar-refractivity contribution in [2.75, 3.05) is 7.11 Å². The number of aromatic nitrogens is 2.